The van der Waals surface area contributed by atoms with Crippen molar-refractivity contribution in [2.75, 3.05) is 25.5 Å². The number of benzene rings is 1. The summed E-state index contributed by atoms with van der Waals surface area (Å²) >= 11 is 0. The fourth-order valence-corrected chi connectivity index (χ4v) is 2.72. The van der Waals surface area contributed by atoms with Crippen molar-refractivity contribution >= 4 is 5.69 Å². The molecule has 1 aliphatic rings. The first-order valence-corrected chi connectivity index (χ1v) is 7.16. The number of nitrogens with one attached hydrogen (secondary N) is 1. The summed E-state index contributed by atoms with van der Waals surface area (Å²) in [5.41, 5.74) is 1.11. The van der Waals surface area contributed by atoms with E-state index < -0.39 is 0 Å². The fourth-order valence-electron chi connectivity index (χ4n) is 2.72. The van der Waals surface area contributed by atoms with Crippen LogP contribution < -0.4 is 10.1 Å². The van der Waals surface area contributed by atoms with Gasteiger partial charge < -0.3 is 15.0 Å². The minimum absolute atomic E-state index is 0.0935. The van der Waals surface area contributed by atoms with Crippen LogP contribution in [0.5, 0.6) is 5.75 Å². The molecule has 0 amide bonds. The molecule has 4 nitrogen and oxygen atoms in total. The van der Waals surface area contributed by atoms with E-state index in [0.29, 0.717) is 18.0 Å². The number of likely N-dealkylation sites (tertiary alicyclic amines) is 1. The van der Waals surface area contributed by atoms with Crippen LogP contribution in [0.3, 0.4) is 0 Å². The number of hydrogen-bond donors (Lipinski definition) is 1. The second-order valence-electron chi connectivity index (χ2n) is 5.72. The van der Waals surface area contributed by atoms with Crippen LogP contribution in [0.15, 0.2) is 24.3 Å². The third kappa shape index (κ3) is 3.64. The van der Waals surface area contributed by atoms with Crippen molar-refractivity contribution in [1.82, 2.24) is 4.90 Å². The highest BCUT2D eigenvalue weighted by atomic mass is 16.5. The maximum atomic E-state index is 8.48. The summed E-state index contributed by atoms with van der Waals surface area (Å²) in [6.45, 7) is 5.79. The number of nitrogens with zero attached hydrogens (tertiary/aromatic N) is 2. The molecule has 3 atom stereocenters. The molecule has 0 bridgehead atoms. The summed E-state index contributed by atoms with van der Waals surface area (Å²) in [5.74, 6) is 1.37. The number of hydrogen-bond acceptors (Lipinski definition) is 4. The van der Waals surface area contributed by atoms with Crippen LogP contribution in [0.1, 0.15) is 20.3 Å². The van der Waals surface area contributed by atoms with Crippen molar-refractivity contribution in [2.45, 2.75) is 32.4 Å². The van der Waals surface area contributed by atoms with E-state index in [0.717, 1.165) is 24.4 Å². The molecule has 1 aromatic carbocycles. The molecule has 2 rings (SSSR count). The van der Waals surface area contributed by atoms with E-state index in [1.807, 2.05) is 30.3 Å². The summed E-state index contributed by atoms with van der Waals surface area (Å²) in [7, 11) is 2.19. The van der Waals surface area contributed by atoms with Gasteiger partial charge in [-0.1, -0.05) is 6.92 Å². The lowest BCUT2D eigenvalue weighted by molar-refractivity contribution is 0.145. The second-order valence-corrected chi connectivity index (χ2v) is 5.72. The van der Waals surface area contributed by atoms with Crippen molar-refractivity contribution in [3.63, 3.8) is 0 Å². The molecule has 3 unspecified atom stereocenters. The molecular weight excluding hydrogens is 250 g/mol. The predicted molar refractivity (Wildman–Crippen MR) is 80.8 cm³/mol. The van der Waals surface area contributed by atoms with Crippen LogP contribution in [0.2, 0.25) is 0 Å². The van der Waals surface area contributed by atoms with Gasteiger partial charge >= 0.3 is 0 Å². The zero-order valence-corrected chi connectivity index (χ0v) is 12.5. The van der Waals surface area contributed by atoms with Gasteiger partial charge in [-0.2, -0.15) is 5.26 Å². The van der Waals surface area contributed by atoms with E-state index in [2.05, 4.69) is 31.1 Å². The number of rotatable bonds is 4. The van der Waals surface area contributed by atoms with Crippen molar-refractivity contribution in [2.24, 2.45) is 5.92 Å². The lowest BCUT2D eigenvalue weighted by Gasteiger charge is -2.40. The molecule has 1 heterocycles. The number of ether oxygens (including phenoxy) is 1. The Bertz CT molecular complexity index is 466. The van der Waals surface area contributed by atoms with Gasteiger partial charge in [0.15, 0.2) is 6.61 Å². The molecule has 1 saturated heterocycles. The number of nitriles is 1. The molecule has 0 spiro atoms. The Kier molecular flexibility index (Phi) is 4.86. The van der Waals surface area contributed by atoms with Crippen molar-refractivity contribution < 1.29 is 4.74 Å². The molecule has 1 fully saturated rings. The molecule has 4 heteroatoms. The molecule has 1 N–H and O–H groups in total. The highest BCUT2D eigenvalue weighted by Gasteiger charge is 2.28. The zero-order valence-electron chi connectivity index (χ0n) is 12.5. The van der Waals surface area contributed by atoms with E-state index >= 15 is 0 Å². The molecule has 1 aromatic rings. The Morgan fingerprint density at radius 3 is 2.70 bits per heavy atom. The topological polar surface area (TPSA) is 48.3 Å². The van der Waals surface area contributed by atoms with E-state index in [-0.39, 0.29) is 6.61 Å². The lowest BCUT2D eigenvalue weighted by Crippen LogP contribution is -2.48. The summed E-state index contributed by atoms with van der Waals surface area (Å²) in [4.78, 5) is 2.42. The highest BCUT2D eigenvalue weighted by Crippen LogP contribution is 2.25. The molecule has 108 valence electrons. The van der Waals surface area contributed by atoms with Crippen LogP contribution in [-0.4, -0.2) is 37.2 Å². The summed E-state index contributed by atoms with van der Waals surface area (Å²) in [5, 5.41) is 12.1. The predicted octanol–water partition coefficient (Wildman–Crippen LogP) is 2.73. The van der Waals surface area contributed by atoms with Crippen molar-refractivity contribution in [1.29, 1.82) is 5.26 Å². The standard InChI is InChI=1S/C16H23N3O/c1-12-11-19(3)13(2)10-16(12)18-14-4-6-15(7-5-14)20-9-8-17/h4-7,12-13,16,18H,9-11H2,1-3H3. The Labute approximate surface area is 121 Å². The van der Waals surface area contributed by atoms with Gasteiger partial charge in [0.2, 0.25) is 0 Å². The van der Waals surface area contributed by atoms with E-state index in [1.54, 1.807) is 0 Å². The smallest absolute Gasteiger partial charge is 0.174 e. The van der Waals surface area contributed by atoms with Crippen LogP contribution in [0.4, 0.5) is 5.69 Å². The van der Waals surface area contributed by atoms with Gasteiger partial charge in [-0.3, -0.25) is 0 Å². The van der Waals surface area contributed by atoms with Crippen molar-refractivity contribution in [3.05, 3.63) is 24.3 Å². The third-order valence-corrected chi connectivity index (χ3v) is 4.12. The van der Waals surface area contributed by atoms with Crippen LogP contribution >= 0.6 is 0 Å². The first-order valence-electron chi connectivity index (χ1n) is 7.16. The van der Waals surface area contributed by atoms with Crippen LogP contribution in [0.25, 0.3) is 0 Å². The van der Waals surface area contributed by atoms with Crippen LogP contribution in [-0.2, 0) is 0 Å². The Balaban J connectivity index is 1.94. The average Bonchev–Trinajstić information content (AvgIpc) is 2.44. The Morgan fingerprint density at radius 1 is 1.35 bits per heavy atom. The maximum Gasteiger partial charge on any atom is 0.174 e. The fraction of sp³-hybridized carbons (Fsp3) is 0.562. The minimum Gasteiger partial charge on any atom is -0.479 e. The normalized spacial score (nSPS) is 26.8. The van der Waals surface area contributed by atoms with Gasteiger partial charge in [0.25, 0.3) is 0 Å². The van der Waals surface area contributed by atoms with Gasteiger partial charge in [0.05, 0.1) is 0 Å². The zero-order chi connectivity index (χ0) is 14.5. The maximum absolute atomic E-state index is 8.48. The summed E-state index contributed by atoms with van der Waals surface area (Å²) in [6.07, 6.45) is 1.16. The van der Waals surface area contributed by atoms with Gasteiger partial charge in [-0.05, 0) is 50.6 Å². The molecule has 0 saturated carbocycles. The largest absolute Gasteiger partial charge is 0.479 e. The first kappa shape index (κ1) is 14.7. The van der Waals surface area contributed by atoms with Gasteiger partial charge in [0.1, 0.15) is 11.8 Å². The molecule has 1 aliphatic heterocycles. The molecular formula is C16H23N3O. The Morgan fingerprint density at radius 2 is 2.05 bits per heavy atom. The van der Waals surface area contributed by atoms with Gasteiger partial charge in [-0.15, -0.1) is 0 Å². The van der Waals surface area contributed by atoms with E-state index in [4.69, 9.17) is 10.00 Å². The second kappa shape index (κ2) is 6.62. The quantitative estimate of drug-likeness (QED) is 0.916. The average molecular weight is 273 g/mol. The van der Waals surface area contributed by atoms with Gasteiger partial charge in [-0.25, -0.2) is 0 Å². The number of piperidine rings is 1. The molecule has 0 radical (unpaired) electrons. The summed E-state index contributed by atoms with van der Waals surface area (Å²) in [6, 6.07) is 10.9. The third-order valence-electron chi connectivity index (χ3n) is 4.12. The Hall–Kier alpha value is -1.73. The highest BCUT2D eigenvalue weighted by molar-refractivity contribution is 5.47. The summed E-state index contributed by atoms with van der Waals surface area (Å²) < 4.78 is 5.26. The molecule has 20 heavy (non-hydrogen) atoms. The molecule has 0 aliphatic carbocycles. The minimum atomic E-state index is 0.0935. The van der Waals surface area contributed by atoms with Crippen molar-refractivity contribution in [3.8, 4) is 11.8 Å². The lowest BCUT2D eigenvalue weighted by atomic mass is 9.89. The van der Waals surface area contributed by atoms with Crippen LogP contribution in [0, 0.1) is 17.2 Å². The first-order chi connectivity index (χ1) is 9.60. The van der Waals surface area contributed by atoms with E-state index in [1.165, 1.54) is 0 Å². The van der Waals surface area contributed by atoms with E-state index in [9.17, 15) is 0 Å². The monoisotopic (exact) mass is 273 g/mol. The SMILES string of the molecule is CC1CN(C)C(C)CC1Nc1ccc(OCC#N)cc1. The molecule has 0 aromatic heterocycles. The number of anilines is 1. The van der Waals surface area contributed by atoms with Gasteiger partial charge in [0, 0.05) is 24.3 Å².